The number of benzene rings is 1. The molecule has 0 bridgehead atoms. The number of nitrogens with one attached hydrogen (secondary N) is 1. The molecule has 0 aliphatic rings. The van der Waals surface area contributed by atoms with E-state index in [2.05, 4.69) is 0 Å². The molecule has 1 aromatic carbocycles. The largest absolute Gasteiger partial charge is 0.416 e. The zero-order valence-electron chi connectivity index (χ0n) is 10.5. The first-order chi connectivity index (χ1) is 9.70. The highest BCUT2D eigenvalue weighted by Crippen LogP contribution is 2.21. The fraction of sp³-hybridized carbons (Fsp3) is 0.364. The number of aliphatic hydroxyl groups is 1. The van der Waals surface area contributed by atoms with E-state index in [1.807, 2.05) is 5.32 Å². The number of hydrogen-bond acceptors (Lipinski definition) is 5. The van der Waals surface area contributed by atoms with Crippen molar-refractivity contribution in [2.24, 2.45) is 0 Å². The summed E-state index contributed by atoms with van der Waals surface area (Å²) in [6, 6.07) is 5.38. The van der Waals surface area contributed by atoms with Crippen LogP contribution < -0.4 is 5.32 Å². The average molecular weight is 324 g/mol. The van der Waals surface area contributed by atoms with E-state index >= 15 is 0 Å². The minimum atomic E-state index is -4.78. The van der Waals surface area contributed by atoms with Gasteiger partial charge in [-0.05, 0) is 12.1 Å². The predicted molar refractivity (Wildman–Crippen MR) is 68.9 cm³/mol. The van der Waals surface area contributed by atoms with E-state index in [1.54, 1.807) is 0 Å². The van der Waals surface area contributed by atoms with Crippen LogP contribution in [0.5, 0.6) is 0 Å². The van der Waals surface area contributed by atoms with Gasteiger partial charge in [0.15, 0.2) is 6.10 Å². The number of alkyl halides is 3. The summed E-state index contributed by atoms with van der Waals surface area (Å²) in [5.41, 5.74) is -0.0999. The van der Waals surface area contributed by atoms with Gasteiger partial charge in [0.05, 0.1) is 17.2 Å². The second-order valence-corrected chi connectivity index (χ2v) is 4.95. The van der Waals surface area contributed by atoms with Crippen molar-refractivity contribution in [3.8, 4) is 0 Å². The Kier molecular flexibility index (Phi) is 5.97. The summed E-state index contributed by atoms with van der Waals surface area (Å²) in [5.74, 6) is -0.843. The number of thioether (sulfide) groups is 1. The summed E-state index contributed by atoms with van der Waals surface area (Å²) in [5, 5.41) is 21.1. The molecular weight excluding hydrogens is 313 g/mol. The molecule has 2 N–H and O–H groups in total. The van der Waals surface area contributed by atoms with Gasteiger partial charge in [0.2, 0.25) is 5.91 Å². The number of carbonyl (C=O) groups is 1. The van der Waals surface area contributed by atoms with Crippen LogP contribution in [0, 0.1) is 10.1 Å². The molecule has 0 aromatic heterocycles. The minimum Gasteiger partial charge on any atom is -0.382 e. The van der Waals surface area contributed by atoms with Crippen LogP contribution in [0.2, 0.25) is 0 Å². The number of carbonyl (C=O) groups excluding carboxylic acids is 1. The summed E-state index contributed by atoms with van der Waals surface area (Å²) in [7, 11) is 0. The molecule has 0 heterocycles. The first-order valence-electron chi connectivity index (χ1n) is 5.59. The van der Waals surface area contributed by atoms with E-state index in [4.69, 9.17) is 5.11 Å². The number of aliphatic hydroxyl groups excluding tert-OH is 1. The van der Waals surface area contributed by atoms with Crippen LogP contribution >= 0.6 is 11.8 Å². The Morgan fingerprint density at radius 2 is 1.95 bits per heavy atom. The highest BCUT2D eigenvalue weighted by atomic mass is 32.2. The number of rotatable bonds is 6. The number of nitro groups is 1. The molecule has 0 fully saturated rings. The van der Waals surface area contributed by atoms with Crippen LogP contribution in [0.1, 0.15) is 0 Å². The molecule has 0 spiro atoms. The average Bonchev–Trinajstić information content (AvgIpc) is 2.41. The molecule has 1 rings (SSSR count). The van der Waals surface area contributed by atoms with Gasteiger partial charge in [-0.1, -0.05) is 0 Å². The molecular formula is C11H11F3N2O4S. The smallest absolute Gasteiger partial charge is 0.382 e. The molecule has 10 heteroatoms. The quantitative estimate of drug-likeness (QED) is 0.472. The summed E-state index contributed by atoms with van der Waals surface area (Å²) in [4.78, 5) is 21.7. The van der Waals surface area contributed by atoms with Crippen LogP contribution in [0.25, 0.3) is 0 Å². The summed E-state index contributed by atoms with van der Waals surface area (Å²) in [6.45, 7) is -0.914. The molecule has 0 aliphatic heterocycles. The SMILES string of the molecule is O=C(CSc1ccc([N+](=O)[O-])cc1)NCC(O)C(F)(F)F. The van der Waals surface area contributed by atoms with E-state index in [0.717, 1.165) is 11.8 Å². The van der Waals surface area contributed by atoms with E-state index in [9.17, 15) is 28.1 Å². The fourth-order valence-electron chi connectivity index (χ4n) is 1.19. The van der Waals surface area contributed by atoms with Gasteiger partial charge in [-0.3, -0.25) is 14.9 Å². The minimum absolute atomic E-state index is 0.0999. The number of non-ortho nitro benzene ring substituents is 1. The van der Waals surface area contributed by atoms with E-state index in [1.165, 1.54) is 24.3 Å². The van der Waals surface area contributed by atoms with Crippen molar-refractivity contribution in [2.45, 2.75) is 17.2 Å². The fourth-order valence-corrected chi connectivity index (χ4v) is 1.92. The summed E-state index contributed by atoms with van der Waals surface area (Å²) < 4.78 is 36.0. The van der Waals surface area contributed by atoms with Gasteiger partial charge in [-0.25, -0.2) is 0 Å². The van der Waals surface area contributed by atoms with Gasteiger partial charge in [0.1, 0.15) is 0 Å². The second kappa shape index (κ2) is 7.27. The number of nitro benzene ring substituents is 1. The molecule has 0 saturated heterocycles. The maximum absolute atomic E-state index is 12.0. The molecule has 116 valence electrons. The second-order valence-electron chi connectivity index (χ2n) is 3.90. The van der Waals surface area contributed by atoms with E-state index < -0.39 is 29.7 Å². The Labute approximate surface area is 121 Å². The lowest BCUT2D eigenvalue weighted by Gasteiger charge is -2.14. The number of hydrogen-bond donors (Lipinski definition) is 2. The highest BCUT2D eigenvalue weighted by molar-refractivity contribution is 8.00. The van der Waals surface area contributed by atoms with Gasteiger partial charge in [-0.2, -0.15) is 13.2 Å². The number of halogens is 3. The summed E-state index contributed by atoms with van der Waals surface area (Å²) >= 11 is 1.01. The zero-order chi connectivity index (χ0) is 16.0. The standard InChI is InChI=1S/C11H11F3N2O4S/c12-11(13,14)9(17)5-15-10(18)6-21-8-3-1-7(2-4-8)16(19)20/h1-4,9,17H,5-6H2,(H,15,18). The van der Waals surface area contributed by atoms with Crippen molar-refractivity contribution in [3.05, 3.63) is 34.4 Å². The molecule has 1 aromatic rings. The first-order valence-corrected chi connectivity index (χ1v) is 6.57. The van der Waals surface area contributed by atoms with Gasteiger partial charge < -0.3 is 10.4 Å². The van der Waals surface area contributed by atoms with Crippen LogP contribution in [-0.2, 0) is 4.79 Å². The Morgan fingerprint density at radius 3 is 2.43 bits per heavy atom. The maximum Gasteiger partial charge on any atom is 0.416 e. The Hall–Kier alpha value is -1.81. The number of amides is 1. The third-order valence-corrected chi connectivity index (χ3v) is 3.30. The van der Waals surface area contributed by atoms with Crippen LogP contribution in [-0.4, -0.2) is 40.5 Å². The molecule has 0 radical (unpaired) electrons. The van der Waals surface area contributed by atoms with Gasteiger partial charge >= 0.3 is 6.18 Å². The van der Waals surface area contributed by atoms with Crippen molar-refractivity contribution >= 4 is 23.4 Å². The molecule has 1 amide bonds. The Bertz CT molecular complexity index is 507. The topological polar surface area (TPSA) is 92.5 Å². The lowest BCUT2D eigenvalue weighted by Crippen LogP contribution is -2.41. The molecule has 0 saturated carbocycles. The lowest BCUT2D eigenvalue weighted by molar-refractivity contribution is -0.384. The molecule has 0 aliphatic carbocycles. The van der Waals surface area contributed by atoms with Crippen molar-refractivity contribution in [3.63, 3.8) is 0 Å². The van der Waals surface area contributed by atoms with E-state index in [0.29, 0.717) is 4.90 Å². The first kappa shape index (κ1) is 17.2. The van der Waals surface area contributed by atoms with Crippen LogP contribution in [0.15, 0.2) is 29.2 Å². The third-order valence-electron chi connectivity index (χ3n) is 2.29. The maximum atomic E-state index is 12.0. The van der Waals surface area contributed by atoms with E-state index in [-0.39, 0.29) is 11.4 Å². The van der Waals surface area contributed by atoms with Crippen LogP contribution in [0.4, 0.5) is 18.9 Å². The van der Waals surface area contributed by atoms with Crippen molar-refractivity contribution in [1.29, 1.82) is 0 Å². The Morgan fingerprint density at radius 1 is 1.38 bits per heavy atom. The molecule has 21 heavy (non-hydrogen) atoms. The lowest BCUT2D eigenvalue weighted by atomic mass is 10.3. The summed E-state index contributed by atoms with van der Waals surface area (Å²) in [6.07, 6.45) is -7.38. The monoisotopic (exact) mass is 324 g/mol. The predicted octanol–water partition coefficient (Wildman–Crippen LogP) is 1.73. The molecule has 6 nitrogen and oxygen atoms in total. The van der Waals surface area contributed by atoms with Crippen molar-refractivity contribution in [1.82, 2.24) is 5.32 Å². The third kappa shape index (κ3) is 6.00. The molecule has 1 atom stereocenters. The highest BCUT2D eigenvalue weighted by Gasteiger charge is 2.38. The Balaban J connectivity index is 2.38. The van der Waals surface area contributed by atoms with Crippen molar-refractivity contribution in [2.75, 3.05) is 12.3 Å². The van der Waals surface area contributed by atoms with Gasteiger partial charge in [0.25, 0.3) is 5.69 Å². The normalized spacial score (nSPS) is 12.8. The van der Waals surface area contributed by atoms with Crippen molar-refractivity contribution < 1.29 is 28.0 Å². The number of nitrogens with zero attached hydrogens (tertiary/aromatic N) is 1. The van der Waals surface area contributed by atoms with Gasteiger partial charge in [0, 0.05) is 17.0 Å². The van der Waals surface area contributed by atoms with Gasteiger partial charge in [-0.15, -0.1) is 11.8 Å². The zero-order valence-corrected chi connectivity index (χ0v) is 11.3. The molecule has 1 unspecified atom stereocenters. The van der Waals surface area contributed by atoms with Crippen LogP contribution in [0.3, 0.4) is 0 Å².